The van der Waals surface area contributed by atoms with Gasteiger partial charge in [0.2, 0.25) is 5.91 Å². The smallest absolute Gasteiger partial charge is 0.232 e. The molecule has 0 aliphatic carbocycles. The number of hydrogen-bond donors (Lipinski definition) is 1. The molecule has 0 radical (unpaired) electrons. The van der Waals surface area contributed by atoms with Crippen molar-refractivity contribution in [2.45, 2.75) is 55.6 Å². The van der Waals surface area contributed by atoms with E-state index in [1.807, 2.05) is 24.3 Å². The molecule has 0 bridgehead atoms. The van der Waals surface area contributed by atoms with Crippen LogP contribution in [0.4, 0.5) is 0 Å². The van der Waals surface area contributed by atoms with Crippen LogP contribution in [0.25, 0.3) is 0 Å². The van der Waals surface area contributed by atoms with Gasteiger partial charge in [0.25, 0.3) is 0 Å². The minimum Gasteiger partial charge on any atom is -0.492 e. The number of ether oxygens (including phenoxy) is 1. The highest BCUT2D eigenvalue weighted by molar-refractivity contribution is 7.98. The summed E-state index contributed by atoms with van der Waals surface area (Å²) >= 11 is 1.76. The number of nitrogens with zero attached hydrogens (tertiary/aromatic N) is 1. The number of carbonyl (C=O) groups excluding carboxylic acids is 1. The van der Waals surface area contributed by atoms with Gasteiger partial charge in [0.05, 0.1) is 11.5 Å². The minimum absolute atomic E-state index is 0.274. The van der Waals surface area contributed by atoms with Gasteiger partial charge >= 0.3 is 0 Å². The molecular weight excluding hydrogens is 392 g/mol. The molecule has 4 nitrogen and oxygen atoms in total. The zero-order valence-electron chi connectivity index (χ0n) is 18.4. The summed E-state index contributed by atoms with van der Waals surface area (Å²) in [6.45, 7) is 6.92. The zero-order chi connectivity index (χ0) is 21.6. The summed E-state index contributed by atoms with van der Waals surface area (Å²) in [6.07, 6.45) is 3.69. The van der Waals surface area contributed by atoms with E-state index >= 15 is 0 Å². The summed E-state index contributed by atoms with van der Waals surface area (Å²) in [5, 5.41) is 0. The van der Waals surface area contributed by atoms with Crippen molar-refractivity contribution in [2.24, 2.45) is 5.73 Å². The van der Waals surface area contributed by atoms with E-state index in [1.165, 1.54) is 5.56 Å². The number of rotatable bonds is 10. The molecule has 1 aliphatic rings. The second-order valence-corrected chi connectivity index (χ2v) is 9.04. The Hall–Kier alpha value is -1.98. The van der Waals surface area contributed by atoms with Gasteiger partial charge in [-0.25, -0.2) is 0 Å². The quantitative estimate of drug-likeness (QED) is 0.545. The van der Waals surface area contributed by atoms with Gasteiger partial charge in [-0.15, -0.1) is 11.8 Å². The van der Waals surface area contributed by atoms with Gasteiger partial charge in [-0.1, -0.05) is 56.7 Å². The van der Waals surface area contributed by atoms with Crippen molar-refractivity contribution in [3.63, 3.8) is 0 Å². The molecule has 1 aliphatic heterocycles. The molecule has 1 unspecified atom stereocenters. The Morgan fingerprint density at radius 1 is 1.13 bits per heavy atom. The third kappa shape index (κ3) is 4.52. The number of unbranched alkanes of at least 4 members (excludes halogenated alkanes) is 1. The van der Waals surface area contributed by atoms with Crippen LogP contribution in [0.15, 0.2) is 47.4 Å². The number of thioether (sulfide) groups is 1. The van der Waals surface area contributed by atoms with Crippen LogP contribution < -0.4 is 10.5 Å². The molecule has 0 fully saturated rings. The number of carbonyl (C=O) groups is 1. The highest BCUT2D eigenvalue weighted by atomic mass is 32.2. The van der Waals surface area contributed by atoms with Crippen molar-refractivity contribution < 1.29 is 9.53 Å². The van der Waals surface area contributed by atoms with Gasteiger partial charge in [0.15, 0.2) is 0 Å². The lowest BCUT2D eigenvalue weighted by molar-refractivity contribution is -0.122. The lowest BCUT2D eigenvalue weighted by atomic mass is 9.69. The number of primary amides is 1. The van der Waals surface area contributed by atoms with Gasteiger partial charge in [-0.05, 0) is 62.2 Å². The average Bonchev–Trinajstić information content (AvgIpc) is 2.90. The van der Waals surface area contributed by atoms with E-state index in [1.54, 1.807) is 11.8 Å². The van der Waals surface area contributed by atoms with E-state index in [9.17, 15) is 4.79 Å². The highest BCUT2D eigenvalue weighted by Gasteiger charge is 2.45. The summed E-state index contributed by atoms with van der Waals surface area (Å²) in [5.74, 6) is 1.40. The number of hydrogen-bond acceptors (Lipinski definition) is 4. The van der Waals surface area contributed by atoms with Gasteiger partial charge in [-0.2, -0.15) is 0 Å². The highest BCUT2D eigenvalue weighted by Crippen LogP contribution is 2.50. The number of nitrogens with two attached hydrogens (primary N) is 1. The maximum Gasteiger partial charge on any atom is 0.232 e. The molecule has 1 atom stereocenters. The van der Waals surface area contributed by atoms with Crippen LogP contribution in [0.3, 0.4) is 0 Å². The van der Waals surface area contributed by atoms with Crippen molar-refractivity contribution >= 4 is 17.7 Å². The van der Waals surface area contributed by atoms with Gasteiger partial charge in [0, 0.05) is 5.75 Å². The second kappa shape index (κ2) is 10.4. The third-order valence-corrected chi connectivity index (χ3v) is 7.26. The fraction of sp³-hybridized carbons (Fsp3) is 0.480. The first-order valence-corrected chi connectivity index (χ1v) is 12.0. The molecular formula is C25H34N2O2S. The van der Waals surface area contributed by atoms with E-state index in [4.69, 9.17) is 10.5 Å². The molecule has 1 amide bonds. The Bertz CT molecular complexity index is 870. The zero-order valence-corrected chi connectivity index (χ0v) is 19.3. The molecule has 0 saturated heterocycles. The number of benzene rings is 2. The Morgan fingerprint density at radius 2 is 1.90 bits per heavy atom. The Labute approximate surface area is 185 Å². The van der Waals surface area contributed by atoms with Crippen molar-refractivity contribution in [2.75, 3.05) is 26.7 Å². The van der Waals surface area contributed by atoms with Crippen LogP contribution >= 0.6 is 11.8 Å². The first-order valence-electron chi connectivity index (χ1n) is 11.0. The van der Waals surface area contributed by atoms with Crippen molar-refractivity contribution in [3.05, 3.63) is 59.2 Å². The van der Waals surface area contributed by atoms with Crippen LogP contribution in [-0.2, 0) is 16.0 Å². The van der Waals surface area contributed by atoms with E-state index in [2.05, 4.69) is 44.0 Å². The summed E-state index contributed by atoms with van der Waals surface area (Å²) in [5.41, 5.74) is 8.61. The van der Waals surface area contributed by atoms with E-state index in [0.717, 1.165) is 59.9 Å². The Kier molecular flexibility index (Phi) is 7.84. The van der Waals surface area contributed by atoms with Gasteiger partial charge < -0.3 is 15.4 Å². The predicted octanol–water partition coefficient (Wildman–Crippen LogP) is 4.97. The van der Waals surface area contributed by atoms with Crippen molar-refractivity contribution in [3.8, 4) is 5.75 Å². The number of fused-ring (bicyclic) bond motifs is 2. The summed E-state index contributed by atoms with van der Waals surface area (Å²) < 4.78 is 6.15. The SMILES string of the molecule is CCCCOc1cccc2c1SCc1ccccc1C2(CCCN(C)CC)C(N)=O. The first-order chi connectivity index (χ1) is 14.5. The molecule has 2 N–H and O–H groups in total. The van der Waals surface area contributed by atoms with Crippen molar-refractivity contribution in [1.29, 1.82) is 0 Å². The molecule has 162 valence electrons. The van der Waals surface area contributed by atoms with Crippen LogP contribution in [0.5, 0.6) is 5.75 Å². The maximum atomic E-state index is 13.2. The number of amides is 1. The summed E-state index contributed by atoms with van der Waals surface area (Å²) in [4.78, 5) is 16.6. The van der Waals surface area contributed by atoms with Gasteiger partial charge in [-0.3, -0.25) is 4.79 Å². The predicted molar refractivity (Wildman–Crippen MR) is 125 cm³/mol. The normalized spacial score (nSPS) is 17.9. The van der Waals surface area contributed by atoms with Crippen LogP contribution in [-0.4, -0.2) is 37.6 Å². The first kappa shape index (κ1) is 22.7. The monoisotopic (exact) mass is 426 g/mol. The molecule has 2 aromatic carbocycles. The van der Waals surface area contributed by atoms with Crippen molar-refractivity contribution in [1.82, 2.24) is 4.90 Å². The topological polar surface area (TPSA) is 55.6 Å². The molecule has 30 heavy (non-hydrogen) atoms. The van der Waals surface area contributed by atoms with E-state index in [0.29, 0.717) is 13.0 Å². The van der Waals surface area contributed by atoms with Crippen LogP contribution in [0.1, 0.15) is 56.2 Å². The van der Waals surface area contributed by atoms with Crippen LogP contribution in [0.2, 0.25) is 0 Å². The molecule has 5 heteroatoms. The minimum atomic E-state index is -0.839. The molecule has 2 aromatic rings. The maximum absolute atomic E-state index is 13.2. The Balaban J connectivity index is 2.11. The molecule has 0 spiro atoms. The molecule has 0 saturated carbocycles. The summed E-state index contributed by atoms with van der Waals surface area (Å²) in [6, 6.07) is 14.4. The van der Waals surface area contributed by atoms with Crippen LogP contribution in [0, 0.1) is 0 Å². The fourth-order valence-corrected chi connectivity index (χ4v) is 5.45. The Morgan fingerprint density at radius 3 is 2.63 bits per heavy atom. The molecule has 0 aromatic heterocycles. The molecule has 1 heterocycles. The lowest BCUT2D eigenvalue weighted by Crippen LogP contribution is -2.43. The average molecular weight is 427 g/mol. The molecule has 3 rings (SSSR count). The largest absolute Gasteiger partial charge is 0.492 e. The fourth-order valence-electron chi connectivity index (χ4n) is 4.23. The van der Waals surface area contributed by atoms with E-state index in [-0.39, 0.29) is 5.91 Å². The summed E-state index contributed by atoms with van der Waals surface area (Å²) in [7, 11) is 2.11. The third-order valence-electron chi connectivity index (χ3n) is 6.10. The van der Waals surface area contributed by atoms with E-state index < -0.39 is 5.41 Å². The lowest BCUT2D eigenvalue weighted by Gasteiger charge is -2.34. The standard InChI is InChI=1S/C25H34N2O2S/c1-4-6-17-29-22-14-9-13-21-23(22)30-18-19-11-7-8-12-20(19)25(21,24(26)28)15-10-16-27(3)5-2/h7-9,11-14H,4-6,10,15-18H2,1-3H3,(H2,26,28). The second-order valence-electron chi connectivity index (χ2n) is 8.05. The van der Waals surface area contributed by atoms with Gasteiger partial charge in [0.1, 0.15) is 11.2 Å².